The molecule has 0 saturated heterocycles. The molecule has 8 heteroatoms. The molecular weight excluding hydrogens is 368 g/mol. The SMILES string of the molecule is CCNC(=O)CNC(=O)CN[C@H](c1ccccc1)c1ccc(OC(F)F)cc1. The van der Waals surface area contributed by atoms with Crippen molar-refractivity contribution in [1.29, 1.82) is 0 Å². The molecule has 0 unspecified atom stereocenters. The highest BCUT2D eigenvalue weighted by Crippen LogP contribution is 2.24. The van der Waals surface area contributed by atoms with Gasteiger partial charge in [-0.15, -0.1) is 0 Å². The van der Waals surface area contributed by atoms with Gasteiger partial charge >= 0.3 is 6.61 Å². The van der Waals surface area contributed by atoms with Crippen molar-refractivity contribution >= 4 is 11.8 Å². The molecule has 0 heterocycles. The number of ether oxygens (including phenoxy) is 1. The van der Waals surface area contributed by atoms with Crippen molar-refractivity contribution in [2.75, 3.05) is 19.6 Å². The minimum absolute atomic E-state index is 0.0196. The molecule has 2 rings (SSSR count). The van der Waals surface area contributed by atoms with E-state index in [1.807, 2.05) is 30.3 Å². The normalized spacial score (nSPS) is 11.7. The van der Waals surface area contributed by atoms with E-state index in [2.05, 4.69) is 20.7 Å². The third-order valence-electron chi connectivity index (χ3n) is 3.86. The van der Waals surface area contributed by atoms with E-state index in [9.17, 15) is 18.4 Å². The van der Waals surface area contributed by atoms with Crippen LogP contribution >= 0.6 is 0 Å². The Balaban J connectivity index is 2.04. The van der Waals surface area contributed by atoms with Crippen molar-refractivity contribution in [2.24, 2.45) is 0 Å². The van der Waals surface area contributed by atoms with E-state index in [1.165, 1.54) is 12.1 Å². The second kappa shape index (κ2) is 11.0. The molecule has 0 aliphatic carbocycles. The molecule has 3 N–H and O–H groups in total. The van der Waals surface area contributed by atoms with Crippen LogP contribution in [0.5, 0.6) is 5.75 Å². The van der Waals surface area contributed by atoms with Crippen LogP contribution in [0.1, 0.15) is 24.1 Å². The number of amides is 2. The highest BCUT2D eigenvalue weighted by molar-refractivity contribution is 5.85. The van der Waals surface area contributed by atoms with Gasteiger partial charge in [-0.3, -0.25) is 14.9 Å². The number of carbonyl (C=O) groups excluding carboxylic acids is 2. The second-order valence-corrected chi connectivity index (χ2v) is 5.90. The van der Waals surface area contributed by atoms with E-state index in [0.29, 0.717) is 6.54 Å². The lowest BCUT2D eigenvalue weighted by Gasteiger charge is -2.20. The lowest BCUT2D eigenvalue weighted by molar-refractivity contribution is -0.125. The van der Waals surface area contributed by atoms with Crippen LogP contribution in [0.25, 0.3) is 0 Å². The summed E-state index contributed by atoms with van der Waals surface area (Å²) in [6.07, 6.45) is 0. The van der Waals surface area contributed by atoms with E-state index in [-0.39, 0.29) is 36.7 Å². The van der Waals surface area contributed by atoms with Crippen molar-refractivity contribution in [3.05, 3.63) is 65.7 Å². The fourth-order valence-corrected chi connectivity index (χ4v) is 2.61. The third-order valence-corrected chi connectivity index (χ3v) is 3.86. The number of nitrogens with one attached hydrogen (secondary N) is 3. The van der Waals surface area contributed by atoms with Gasteiger partial charge in [0.25, 0.3) is 0 Å². The molecular formula is C20H23F2N3O3. The first kappa shape index (κ1) is 21.3. The smallest absolute Gasteiger partial charge is 0.387 e. The monoisotopic (exact) mass is 391 g/mol. The molecule has 1 atom stereocenters. The van der Waals surface area contributed by atoms with Crippen LogP contribution in [0.4, 0.5) is 8.78 Å². The van der Waals surface area contributed by atoms with Gasteiger partial charge in [-0.05, 0) is 30.2 Å². The molecule has 0 aliphatic rings. The van der Waals surface area contributed by atoms with Gasteiger partial charge in [0.05, 0.1) is 19.1 Å². The molecule has 2 aromatic carbocycles. The van der Waals surface area contributed by atoms with Gasteiger partial charge in [-0.25, -0.2) is 0 Å². The van der Waals surface area contributed by atoms with Gasteiger partial charge in [0.2, 0.25) is 11.8 Å². The summed E-state index contributed by atoms with van der Waals surface area (Å²) in [7, 11) is 0. The predicted molar refractivity (Wildman–Crippen MR) is 101 cm³/mol. The summed E-state index contributed by atoms with van der Waals surface area (Å²) in [4.78, 5) is 23.5. The maximum Gasteiger partial charge on any atom is 0.387 e. The Hall–Kier alpha value is -3.00. The number of likely N-dealkylation sites (N-methyl/N-ethyl adjacent to an activating group) is 1. The van der Waals surface area contributed by atoms with E-state index in [4.69, 9.17) is 0 Å². The van der Waals surface area contributed by atoms with Crippen molar-refractivity contribution in [1.82, 2.24) is 16.0 Å². The average Bonchev–Trinajstić information content (AvgIpc) is 2.68. The highest BCUT2D eigenvalue weighted by Gasteiger charge is 2.16. The summed E-state index contributed by atoms with van der Waals surface area (Å²) < 4.78 is 29.0. The first-order valence-electron chi connectivity index (χ1n) is 8.86. The maximum absolute atomic E-state index is 12.3. The maximum atomic E-state index is 12.3. The number of hydrogen-bond donors (Lipinski definition) is 3. The first-order valence-corrected chi connectivity index (χ1v) is 8.86. The number of benzene rings is 2. The molecule has 0 aromatic heterocycles. The number of rotatable bonds is 10. The van der Waals surface area contributed by atoms with Gasteiger partial charge < -0.3 is 15.4 Å². The number of carbonyl (C=O) groups is 2. The Morgan fingerprint density at radius 1 is 0.893 bits per heavy atom. The van der Waals surface area contributed by atoms with E-state index >= 15 is 0 Å². The molecule has 0 radical (unpaired) electrons. The summed E-state index contributed by atoms with van der Waals surface area (Å²) in [6.45, 7) is -0.710. The van der Waals surface area contributed by atoms with Crippen LogP contribution in [0.3, 0.4) is 0 Å². The largest absolute Gasteiger partial charge is 0.435 e. The van der Waals surface area contributed by atoms with Crippen molar-refractivity contribution in [3.63, 3.8) is 0 Å². The Kier molecular flexibility index (Phi) is 8.36. The molecule has 0 bridgehead atoms. The molecule has 28 heavy (non-hydrogen) atoms. The van der Waals surface area contributed by atoms with E-state index < -0.39 is 6.61 Å². The van der Waals surface area contributed by atoms with Gasteiger partial charge in [-0.1, -0.05) is 42.5 Å². The summed E-state index contributed by atoms with van der Waals surface area (Å²) in [6, 6.07) is 15.3. The quantitative estimate of drug-likeness (QED) is 0.580. The molecule has 6 nitrogen and oxygen atoms in total. The third kappa shape index (κ3) is 6.96. The van der Waals surface area contributed by atoms with Gasteiger partial charge in [0, 0.05) is 6.54 Å². The van der Waals surface area contributed by atoms with Crippen LogP contribution in [0.15, 0.2) is 54.6 Å². The summed E-state index contributed by atoms with van der Waals surface area (Å²) >= 11 is 0. The van der Waals surface area contributed by atoms with Crippen molar-refractivity contribution in [3.8, 4) is 5.75 Å². The minimum Gasteiger partial charge on any atom is -0.435 e. The Bertz CT molecular complexity index is 755. The Morgan fingerprint density at radius 2 is 1.50 bits per heavy atom. The Morgan fingerprint density at radius 3 is 2.11 bits per heavy atom. The first-order chi connectivity index (χ1) is 13.5. The number of halogens is 2. The molecule has 2 amide bonds. The Labute approximate surface area is 162 Å². The van der Waals surface area contributed by atoms with Crippen LogP contribution in [-0.2, 0) is 9.59 Å². The number of alkyl halides is 2. The van der Waals surface area contributed by atoms with E-state index in [0.717, 1.165) is 11.1 Å². The van der Waals surface area contributed by atoms with Gasteiger partial charge in [0.15, 0.2) is 0 Å². The minimum atomic E-state index is -2.89. The molecule has 0 aliphatic heterocycles. The van der Waals surface area contributed by atoms with Crippen LogP contribution in [0.2, 0.25) is 0 Å². The second-order valence-electron chi connectivity index (χ2n) is 5.90. The molecule has 0 spiro atoms. The fourth-order valence-electron chi connectivity index (χ4n) is 2.61. The van der Waals surface area contributed by atoms with Gasteiger partial charge in [-0.2, -0.15) is 8.78 Å². The van der Waals surface area contributed by atoms with Crippen LogP contribution < -0.4 is 20.7 Å². The summed E-state index contributed by atoms with van der Waals surface area (Å²) in [5.74, 6) is -0.528. The zero-order valence-electron chi connectivity index (χ0n) is 15.5. The molecule has 150 valence electrons. The van der Waals surface area contributed by atoms with Crippen molar-refractivity contribution < 1.29 is 23.1 Å². The molecule has 0 saturated carbocycles. The van der Waals surface area contributed by atoms with Crippen LogP contribution in [-0.4, -0.2) is 38.1 Å². The summed E-state index contributed by atoms with van der Waals surface area (Å²) in [5.41, 5.74) is 1.69. The predicted octanol–water partition coefficient (Wildman–Crippen LogP) is 2.22. The number of hydrogen-bond acceptors (Lipinski definition) is 4. The fraction of sp³-hybridized carbons (Fsp3) is 0.300. The lowest BCUT2D eigenvalue weighted by atomic mass is 9.98. The standard InChI is InChI=1S/C20H23F2N3O3/c1-2-23-17(26)12-24-18(27)13-25-19(14-6-4-3-5-7-14)15-8-10-16(11-9-15)28-20(21)22/h3-11,19-20,25H,2,12-13H2,1H3,(H,23,26)(H,24,27)/t19-/m1/s1. The molecule has 0 fully saturated rings. The molecule has 2 aromatic rings. The van der Waals surface area contributed by atoms with Crippen molar-refractivity contribution in [2.45, 2.75) is 19.6 Å². The van der Waals surface area contributed by atoms with Crippen LogP contribution in [0, 0.1) is 0 Å². The van der Waals surface area contributed by atoms with Gasteiger partial charge in [0.1, 0.15) is 5.75 Å². The highest BCUT2D eigenvalue weighted by atomic mass is 19.3. The average molecular weight is 391 g/mol. The topological polar surface area (TPSA) is 79.5 Å². The lowest BCUT2D eigenvalue weighted by Crippen LogP contribution is -2.41. The zero-order valence-corrected chi connectivity index (χ0v) is 15.5. The van der Waals surface area contributed by atoms with E-state index in [1.54, 1.807) is 19.1 Å². The zero-order chi connectivity index (χ0) is 20.4. The summed E-state index contributed by atoms with van der Waals surface area (Å²) in [5, 5.41) is 8.27.